The lowest BCUT2D eigenvalue weighted by molar-refractivity contribution is 0.252. The Morgan fingerprint density at radius 2 is 2.00 bits per heavy atom. The average molecular weight is 286 g/mol. The van der Waals surface area contributed by atoms with Crippen LogP contribution in [0.2, 0.25) is 5.02 Å². The number of hydrogen-bond acceptors (Lipinski definition) is 3. The minimum Gasteiger partial charge on any atom is -0.504 e. The van der Waals surface area contributed by atoms with Gasteiger partial charge in [0.2, 0.25) is 0 Å². The van der Waals surface area contributed by atoms with Crippen LogP contribution < -0.4 is 10.1 Å². The van der Waals surface area contributed by atoms with E-state index in [4.69, 9.17) is 16.3 Å². The summed E-state index contributed by atoms with van der Waals surface area (Å²) >= 11 is 6.00. The van der Waals surface area contributed by atoms with E-state index in [1.165, 1.54) is 7.11 Å². The Kier molecular flexibility index (Phi) is 5.50. The zero-order chi connectivity index (χ0) is 14.6. The van der Waals surface area contributed by atoms with Crippen molar-refractivity contribution in [1.82, 2.24) is 5.32 Å². The van der Waals surface area contributed by atoms with Crippen LogP contribution in [0.1, 0.15) is 33.3 Å². The Morgan fingerprint density at radius 1 is 1.37 bits per heavy atom. The van der Waals surface area contributed by atoms with Crippen LogP contribution in [-0.4, -0.2) is 18.8 Å². The molecule has 0 aromatic heterocycles. The van der Waals surface area contributed by atoms with Gasteiger partial charge in [-0.05, 0) is 23.9 Å². The Labute approximate surface area is 120 Å². The van der Waals surface area contributed by atoms with Crippen LogP contribution in [0.5, 0.6) is 11.5 Å². The molecule has 1 aromatic rings. The first-order chi connectivity index (χ1) is 8.75. The summed E-state index contributed by atoms with van der Waals surface area (Å²) in [5.41, 5.74) is 1.02. The molecule has 0 spiro atoms. The highest BCUT2D eigenvalue weighted by atomic mass is 35.5. The van der Waals surface area contributed by atoms with Gasteiger partial charge in [0, 0.05) is 23.2 Å². The molecule has 1 rings (SSSR count). The third kappa shape index (κ3) is 4.59. The number of hydrogen-bond donors (Lipinski definition) is 2. The van der Waals surface area contributed by atoms with Gasteiger partial charge in [0.15, 0.2) is 11.5 Å². The zero-order valence-corrected chi connectivity index (χ0v) is 13.1. The van der Waals surface area contributed by atoms with Crippen LogP contribution in [0.4, 0.5) is 0 Å². The molecule has 3 nitrogen and oxygen atoms in total. The molecule has 1 aromatic carbocycles. The molecule has 0 heterocycles. The fourth-order valence-electron chi connectivity index (χ4n) is 1.65. The first kappa shape index (κ1) is 16.1. The highest BCUT2D eigenvalue weighted by Gasteiger charge is 2.19. The van der Waals surface area contributed by atoms with Gasteiger partial charge in [-0.15, -0.1) is 0 Å². The van der Waals surface area contributed by atoms with Gasteiger partial charge in [-0.2, -0.15) is 0 Å². The third-order valence-electron chi connectivity index (χ3n) is 3.58. The van der Waals surface area contributed by atoms with Gasteiger partial charge in [-0.1, -0.05) is 39.3 Å². The van der Waals surface area contributed by atoms with E-state index >= 15 is 0 Å². The fraction of sp³-hybridized carbons (Fsp3) is 0.600. The first-order valence-corrected chi connectivity index (χ1v) is 6.89. The predicted octanol–water partition coefficient (Wildman–Crippen LogP) is 3.83. The van der Waals surface area contributed by atoms with Gasteiger partial charge < -0.3 is 15.2 Å². The maximum absolute atomic E-state index is 10.0. The summed E-state index contributed by atoms with van der Waals surface area (Å²) in [4.78, 5) is 0. The second-order valence-electron chi connectivity index (χ2n) is 6.01. The molecular weight excluding hydrogens is 262 g/mol. The number of halogens is 1. The van der Waals surface area contributed by atoms with Crippen LogP contribution in [0, 0.1) is 11.3 Å². The van der Waals surface area contributed by atoms with E-state index in [0.29, 0.717) is 23.2 Å². The van der Waals surface area contributed by atoms with Crippen molar-refractivity contribution in [2.24, 2.45) is 11.3 Å². The summed E-state index contributed by atoms with van der Waals surface area (Å²) in [6.45, 7) is 10.3. The van der Waals surface area contributed by atoms with Crippen LogP contribution in [0.3, 0.4) is 0 Å². The van der Waals surface area contributed by atoms with Crippen LogP contribution >= 0.6 is 11.6 Å². The number of phenols is 1. The standard InChI is InChI=1S/C15H24ClNO2/c1-10(15(2,3)4)8-17-9-11-6-12(16)7-13(19-5)14(11)18/h6-7,10,17-18H,8-9H2,1-5H3. The molecular formula is C15H24ClNO2. The van der Waals surface area contributed by atoms with E-state index in [2.05, 4.69) is 33.0 Å². The van der Waals surface area contributed by atoms with E-state index in [9.17, 15) is 5.11 Å². The van der Waals surface area contributed by atoms with Crippen molar-refractivity contribution in [3.63, 3.8) is 0 Å². The second-order valence-corrected chi connectivity index (χ2v) is 6.45. The SMILES string of the molecule is COc1cc(Cl)cc(CNCC(C)C(C)(C)C)c1O. The van der Waals surface area contributed by atoms with Crippen molar-refractivity contribution < 1.29 is 9.84 Å². The van der Waals surface area contributed by atoms with E-state index in [-0.39, 0.29) is 11.2 Å². The maximum atomic E-state index is 10.0. The van der Waals surface area contributed by atoms with Crippen LogP contribution in [-0.2, 0) is 6.54 Å². The maximum Gasteiger partial charge on any atom is 0.162 e. The van der Waals surface area contributed by atoms with E-state index < -0.39 is 0 Å². The molecule has 2 N–H and O–H groups in total. The first-order valence-electron chi connectivity index (χ1n) is 6.51. The summed E-state index contributed by atoms with van der Waals surface area (Å²) in [6.07, 6.45) is 0. The van der Waals surface area contributed by atoms with Gasteiger partial charge in [0.1, 0.15) is 0 Å². The molecule has 0 aliphatic heterocycles. The monoisotopic (exact) mass is 285 g/mol. The van der Waals surface area contributed by atoms with E-state index in [1.807, 2.05) is 0 Å². The average Bonchev–Trinajstić information content (AvgIpc) is 2.31. The highest BCUT2D eigenvalue weighted by Crippen LogP contribution is 2.33. The lowest BCUT2D eigenvalue weighted by Gasteiger charge is -2.27. The molecule has 19 heavy (non-hydrogen) atoms. The minimum atomic E-state index is 0.155. The molecule has 1 atom stereocenters. The van der Waals surface area contributed by atoms with Gasteiger partial charge in [-0.25, -0.2) is 0 Å². The molecule has 0 amide bonds. The number of benzene rings is 1. The summed E-state index contributed by atoms with van der Waals surface area (Å²) in [7, 11) is 1.52. The largest absolute Gasteiger partial charge is 0.504 e. The van der Waals surface area contributed by atoms with Crippen molar-refractivity contribution in [2.45, 2.75) is 34.2 Å². The number of phenolic OH excluding ortho intramolecular Hbond substituents is 1. The second kappa shape index (κ2) is 6.49. The molecule has 0 saturated heterocycles. The summed E-state index contributed by atoms with van der Waals surface area (Å²) in [6, 6.07) is 3.37. The van der Waals surface area contributed by atoms with Crippen molar-refractivity contribution in [3.8, 4) is 11.5 Å². The van der Waals surface area contributed by atoms with Crippen LogP contribution in [0.15, 0.2) is 12.1 Å². The Morgan fingerprint density at radius 3 is 2.53 bits per heavy atom. The van der Waals surface area contributed by atoms with Crippen molar-refractivity contribution in [1.29, 1.82) is 0 Å². The van der Waals surface area contributed by atoms with E-state index in [1.54, 1.807) is 12.1 Å². The van der Waals surface area contributed by atoms with Gasteiger partial charge in [-0.3, -0.25) is 0 Å². The Bertz CT molecular complexity index is 427. The van der Waals surface area contributed by atoms with Gasteiger partial charge in [0.05, 0.1) is 7.11 Å². The summed E-state index contributed by atoms with van der Waals surface area (Å²) in [5.74, 6) is 1.10. The molecule has 0 bridgehead atoms. The lowest BCUT2D eigenvalue weighted by atomic mass is 9.82. The minimum absolute atomic E-state index is 0.155. The van der Waals surface area contributed by atoms with Crippen molar-refractivity contribution >= 4 is 11.6 Å². The highest BCUT2D eigenvalue weighted by molar-refractivity contribution is 6.30. The zero-order valence-electron chi connectivity index (χ0n) is 12.4. The fourth-order valence-corrected chi connectivity index (χ4v) is 1.88. The summed E-state index contributed by atoms with van der Waals surface area (Å²) < 4.78 is 5.09. The molecule has 0 fully saturated rings. The number of rotatable bonds is 5. The topological polar surface area (TPSA) is 41.5 Å². The predicted molar refractivity (Wildman–Crippen MR) is 80.0 cm³/mol. The third-order valence-corrected chi connectivity index (χ3v) is 3.80. The molecule has 0 radical (unpaired) electrons. The number of aromatic hydroxyl groups is 1. The normalized spacial score (nSPS) is 13.4. The molecule has 0 saturated carbocycles. The smallest absolute Gasteiger partial charge is 0.162 e. The Hall–Kier alpha value is -0.930. The number of nitrogens with one attached hydrogen (secondary N) is 1. The quantitative estimate of drug-likeness (QED) is 0.864. The lowest BCUT2D eigenvalue weighted by Crippen LogP contribution is -2.29. The molecule has 1 unspecified atom stereocenters. The van der Waals surface area contributed by atoms with Gasteiger partial charge >= 0.3 is 0 Å². The van der Waals surface area contributed by atoms with Gasteiger partial charge in [0.25, 0.3) is 0 Å². The van der Waals surface area contributed by atoms with Crippen LogP contribution in [0.25, 0.3) is 0 Å². The number of methoxy groups -OCH3 is 1. The van der Waals surface area contributed by atoms with E-state index in [0.717, 1.165) is 12.1 Å². The molecule has 0 aliphatic rings. The van der Waals surface area contributed by atoms with Crippen molar-refractivity contribution in [2.75, 3.05) is 13.7 Å². The Balaban J connectivity index is 2.66. The van der Waals surface area contributed by atoms with Crippen molar-refractivity contribution in [3.05, 3.63) is 22.7 Å². The molecule has 0 aliphatic carbocycles. The molecule has 4 heteroatoms. The molecule has 108 valence electrons. The summed E-state index contributed by atoms with van der Waals surface area (Å²) in [5, 5.41) is 13.9. The number of ether oxygens (including phenoxy) is 1.